The van der Waals surface area contributed by atoms with Crippen LogP contribution in [0.15, 0.2) is 42.5 Å². The molecule has 0 aliphatic carbocycles. The fraction of sp³-hybridized carbons (Fsp3) is 0.316. The summed E-state index contributed by atoms with van der Waals surface area (Å²) >= 11 is 0. The summed E-state index contributed by atoms with van der Waals surface area (Å²) in [6.45, 7) is 7.04. The van der Waals surface area contributed by atoms with Crippen LogP contribution in [0.25, 0.3) is 0 Å². The number of hydrogen-bond acceptors (Lipinski definition) is 3. The number of nitrogens with zero attached hydrogens (tertiary/aromatic N) is 1. The number of methoxy groups -OCH3 is 1. The average Bonchev–Trinajstić information content (AvgIpc) is 2.52. The van der Waals surface area contributed by atoms with Gasteiger partial charge >= 0.3 is 0 Å². The predicted molar refractivity (Wildman–Crippen MR) is 87.2 cm³/mol. The predicted octanol–water partition coefficient (Wildman–Crippen LogP) is 4.44. The summed E-state index contributed by atoms with van der Waals surface area (Å²) in [5.74, 6) is 1.22. The first-order valence-electron chi connectivity index (χ1n) is 7.24. The third-order valence-electron chi connectivity index (χ3n) is 3.48. The molecule has 22 heavy (non-hydrogen) atoms. The van der Waals surface area contributed by atoms with Gasteiger partial charge in [0.25, 0.3) is 0 Å². The summed E-state index contributed by atoms with van der Waals surface area (Å²) < 4.78 is 11.1. The third kappa shape index (κ3) is 3.79. The lowest BCUT2D eigenvalue weighted by molar-refractivity contribution is 0.284. The molecule has 0 aromatic heterocycles. The highest BCUT2D eigenvalue weighted by molar-refractivity contribution is 5.46. The van der Waals surface area contributed by atoms with Crippen molar-refractivity contribution >= 4 is 0 Å². The van der Waals surface area contributed by atoms with Crippen LogP contribution in [0.1, 0.15) is 37.5 Å². The zero-order valence-corrected chi connectivity index (χ0v) is 13.5. The Kier molecular flexibility index (Phi) is 4.72. The first kappa shape index (κ1) is 15.9. The highest BCUT2D eigenvalue weighted by Gasteiger charge is 2.14. The highest BCUT2D eigenvalue weighted by Crippen LogP contribution is 2.29. The zero-order chi connectivity index (χ0) is 16.2. The summed E-state index contributed by atoms with van der Waals surface area (Å²) in [6, 6.07) is 15.7. The molecule has 2 rings (SSSR count). The number of benzene rings is 2. The van der Waals surface area contributed by atoms with Crippen molar-refractivity contribution in [2.75, 3.05) is 7.11 Å². The molecule has 3 heteroatoms. The van der Waals surface area contributed by atoms with Crippen molar-refractivity contribution in [1.29, 1.82) is 5.26 Å². The number of ether oxygens (including phenoxy) is 2. The molecule has 0 spiro atoms. The van der Waals surface area contributed by atoms with Gasteiger partial charge < -0.3 is 9.47 Å². The first-order chi connectivity index (χ1) is 10.4. The van der Waals surface area contributed by atoms with E-state index in [0.29, 0.717) is 23.7 Å². The molecule has 0 bridgehead atoms. The molecule has 0 aliphatic rings. The van der Waals surface area contributed by atoms with Crippen molar-refractivity contribution in [3.8, 4) is 17.6 Å². The van der Waals surface area contributed by atoms with E-state index in [9.17, 15) is 0 Å². The van der Waals surface area contributed by atoms with Crippen LogP contribution in [-0.2, 0) is 12.0 Å². The van der Waals surface area contributed by atoms with E-state index in [1.54, 1.807) is 25.3 Å². The molecular weight excluding hydrogens is 274 g/mol. The second-order valence-corrected chi connectivity index (χ2v) is 6.22. The summed E-state index contributed by atoms with van der Waals surface area (Å²) in [6.07, 6.45) is 0. The van der Waals surface area contributed by atoms with E-state index in [0.717, 1.165) is 5.56 Å². The van der Waals surface area contributed by atoms with Gasteiger partial charge in [0.2, 0.25) is 0 Å². The summed E-state index contributed by atoms with van der Waals surface area (Å²) in [5, 5.41) is 8.92. The van der Waals surface area contributed by atoms with Crippen molar-refractivity contribution in [3.63, 3.8) is 0 Å². The Morgan fingerprint density at radius 1 is 1.05 bits per heavy atom. The van der Waals surface area contributed by atoms with Crippen LogP contribution in [0.5, 0.6) is 11.5 Å². The molecule has 0 saturated heterocycles. The lowest BCUT2D eigenvalue weighted by atomic mass is 9.86. The van der Waals surface area contributed by atoms with Crippen molar-refractivity contribution in [3.05, 3.63) is 59.2 Å². The third-order valence-corrected chi connectivity index (χ3v) is 3.48. The van der Waals surface area contributed by atoms with Gasteiger partial charge in [-0.05, 0) is 28.7 Å². The molecule has 0 N–H and O–H groups in total. The van der Waals surface area contributed by atoms with Gasteiger partial charge in [0, 0.05) is 6.07 Å². The van der Waals surface area contributed by atoms with Crippen molar-refractivity contribution in [2.45, 2.75) is 32.8 Å². The van der Waals surface area contributed by atoms with Crippen LogP contribution in [-0.4, -0.2) is 7.11 Å². The smallest absolute Gasteiger partial charge is 0.162 e. The molecule has 114 valence electrons. The van der Waals surface area contributed by atoms with Gasteiger partial charge in [0.1, 0.15) is 6.61 Å². The topological polar surface area (TPSA) is 42.2 Å². The number of hydrogen-bond donors (Lipinski definition) is 0. The van der Waals surface area contributed by atoms with Gasteiger partial charge in [0.05, 0.1) is 18.7 Å². The van der Waals surface area contributed by atoms with Crippen molar-refractivity contribution < 1.29 is 9.47 Å². The lowest BCUT2D eigenvalue weighted by Crippen LogP contribution is -2.11. The molecule has 3 nitrogen and oxygen atoms in total. The Morgan fingerprint density at radius 2 is 1.82 bits per heavy atom. The van der Waals surface area contributed by atoms with E-state index >= 15 is 0 Å². The van der Waals surface area contributed by atoms with Crippen LogP contribution in [0.2, 0.25) is 0 Å². The largest absolute Gasteiger partial charge is 0.493 e. The van der Waals surface area contributed by atoms with Gasteiger partial charge in [-0.15, -0.1) is 0 Å². The van der Waals surface area contributed by atoms with E-state index in [1.807, 2.05) is 6.07 Å². The van der Waals surface area contributed by atoms with Gasteiger partial charge in [-0.2, -0.15) is 5.26 Å². The SMILES string of the molecule is COc1cc(C#N)ccc1OCc1cccc(C(C)(C)C)c1. The fourth-order valence-electron chi connectivity index (χ4n) is 2.15. The Labute approximate surface area is 132 Å². The molecule has 0 radical (unpaired) electrons. The average molecular weight is 295 g/mol. The molecule has 2 aromatic rings. The quantitative estimate of drug-likeness (QED) is 0.837. The maximum absolute atomic E-state index is 8.92. The number of nitriles is 1. The zero-order valence-electron chi connectivity index (χ0n) is 13.5. The molecule has 2 aromatic carbocycles. The second kappa shape index (κ2) is 6.53. The monoisotopic (exact) mass is 295 g/mol. The van der Waals surface area contributed by atoms with E-state index in [1.165, 1.54) is 5.56 Å². The summed E-state index contributed by atoms with van der Waals surface area (Å²) in [4.78, 5) is 0. The first-order valence-corrected chi connectivity index (χ1v) is 7.24. The summed E-state index contributed by atoms with van der Waals surface area (Å²) in [5.41, 5.74) is 3.06. The normalized spacial score (nSPS) is 10.9. The van der Waals surface area contributed by atoms with E-state index in [4.69, 9.17) is 14.7 Å². The van der Waals surface area contributed by atoms with Gasteiger partial charge in [0.15, 0.2) is 11.5 Å². The maximum Gasteiger partial charge on any atom is 0.162 e. The molecule has 0 saturated carbocycles. The molecule has 0 atom stereocenters. The van der Waals surface area contributed by atoms with Crippen LogP contribution in [0.4, 0.5) is 0 Å². The molecule has 0 aliphatic heterocycles. The number of rotatable bonds is 4. The molecule has 0 amide bonds. The minimum Gasteiger partial charge on any atom is -0.493 e. The van der Waals surface area contributed by atoms with E-state index in [-0.39, 0.29) is 5.41 Å². The minimum absolute atomic E-state index is 0.113. The fourth-order valence-corrected chi connectivity index (χ4v) is 2.15. The molecule has 0 fully saturated rings. The van der Waals surface area contributed by atoms with E-state index in [2.05, 4.69) is 45.0 Å². The van der Waals surface area contributed by atoms with Gasteiger partial charge in [-0.3, -0.25) is 0 Å². The molecule has 0 heterocycles. The van der Waals surface area contributed by atoms with Crippen LogP contribution >= 0.6 is 0 Å². The Bertz CT molecular complexity index is 693. The van der Waals surface area contributed by atoms with E-state index < -0.39 is 0 Å². The maximum atomic E-state index is 8.92. The van der Waals surface area contributed by atoms with Gasteiger partial charge in [-0.1, -0.05) is 45.0 Å². The van der Waals surface area contributed by atoms with Crippen molar-refractivity contribution in [1.82, 2.24) is 0 Å². The second-order valence-electron chi connectivity index (χ2n) is 6.22. The lowest BCUT2D eigenvalue weighted by Gasteiger charge is -2.20. The Morgan fingerprint density at radius 3 is 2.45 bits per heavy atom. The van der Waals surface area contributed by atoms with Crippen LogP contribution in [0.3, 0.4) is 0 Å². The minimum atomic E-state index is 0.113. The Hall–Kier alpha value is -2.47. The molecular formula is C19H21NO2. The van der Waals surface area contributed by atoms with Gasteiger partial charge in [-0.25, -0.2) is 0 Å². The standard InChI is InChI=1S/C19H21NO2/c1-19(2,3)16-7-5-6-15(10-16)13-22-17-9-8-14(12-20)11-18(17)21-4/h5-11H,13H2,1-4H3. The Balaban J connectivity index is 2.15. The molecule has 0 unspecified atom stereocenters. The highest BCUT2D eigenvalue weighted by atomic mass is 16.5. The van der Waals surface area contributed by atoms with Crippen molar-refractivity contribution in [2.24, 2.45) is 0 Å². The van der Waals surface area contributed by atoms with Crippen LogP contribution < -0.4 is 9.47 Å². The summed E-state index contributed by atoms with van der Waals surface area (Å²) in [7, 11) is 1.57. The van der Waals surface area contributed by atoms with Crippen LogP contribution in [0, 0.1) is 11.3 Å².